The minimum absolute atomic E-state index is 0.409. The fourth-order valence-corrected chi connectivity index (χ4v) is 3.99. The number of carbonyl (C=O) groups is 1. The fourth-order valence-electron chi connectivity index (χ4n) is 2.82. The molecule has 0 unspecified atom stereocenters. The molecule has 1 atom stereocenters. The first-order valence-corrected chi connectivity index (χ1v) is 10.4. The summed E-state index contributed by atoms with van der Waals surface area (Å²) in [7, 11) is -2.05. The van der Waals surface area contributed by atoms with Crippen LogP contribution in [0.5, 0.6) is 0 Å². The van der Waals surface area contributed by atoms with E-state index in [9.17, 15) is 13.2 Å². The Labute approximate surface area is 161 Å². The maximum Gasteiger partial charge on any atom is 0.247 e. The van der Waals surface area contributed by atoms with E-state index in [2.05, 4.69) is 5.32 Å². The van der Waals surface area contributed by atoms with Gasteiger partial charge in [0.15, 0.2) is 0 Å². The van der Waals surface area contributed by atoms with Crippen molar-refractivity contribution in [3.8, 4) is 0 Å². The van der Waals surface area contributed by atoms with Gasteiger partial charge in [-0.25, -0.2) is 8.42 Å². The summed E-state index contributed by atoms with van der Waals surface area (Å²) in [5.41, 5.74) is 3.99. The highest BCUT2D eigenvalue weighted by molar-refractivity contribution is 7.92. The van der Waals surface area contributed by atoms with Crippen LogP contribution in [0.3, 0.4) is 0 Å². The average Bonchev–Trinajstić information content (AvgIpc) is 2.57. The number of rotatable bonds is 7. The van der Waals surface area contributed by atoms with E-state index in [-0.39, 0.29) is 0 Å². The third kappa shape index (κ3) is 5.30. The summed E-state index contributed by atoms with van der Waals surface area (Å²) < 4.78 is 31.0. The van der Waals surface area contributed by atoms with Crippen molar-refractivity contribution in [1.29, 1.82) is 0 Å². The summed E-state index contributed by atoms with van der Waals surface area (Å²) in [6.07, 6.45) is 1.10. The van der Waals surface area contributed by atoms with Crippen LogP contribution in [0.15, 0.2) is 42.5 Å². The van der Waals surface area contributed by atoms with Crippen LogP contribution in [0.4, 0.5) is 11.4 Å². The smallest absolute Gasteiger partial charge is 0.247 e. The Hall–Kier alpha value is -2.38. The number of carbonyl (C=O) groups excluding carboxylic acids is 1. The summed E-state index contributed by atoms with van der Waals surface area (Å²) in [6, 6.07) is 11.7. The molecule has 2 aromatic rings. The second kappa shape index (κ2) is 8.54. The van der Waals surface area contributed by atoms with Gasteiger partial charge in [-0.1, -0.05) is 18.2 Å². The monoisotopic (exact) mass is 390 g/mol. The SMILES string of the molecule is COCc1cccc(NC(=O)[C@@H](C)N(c2ccc(C)c(C)c2)S(C)(=O)=O)c1. The number of sulfonamides is 1. The van der Waals surface area contributed by atoms with Gasteiger partial charge in [0, 0.05) is 12.8 Å². The number of amides is 1. The van der Waals surface area contributed by atoms with Crippen LogP contribution in [-0.2, 0) is 26.2 Å². The lowest BCUT2D eigenvalue weighted by molar-refractivity contribution is -0.116. The van der Waals surface area contributed by atoms with Crippen LogP contribution in [0.25, 0.3) is 0 Å². The van der Waals surface area contributed by atoms with Crippen LogP contribution in [-0.4, -0.2) is 33.7 Å². The van der Waals surface area contributed by atoms with Crippen molar-refractivity contribution in [3.63, 3.8) is 0 Å². The molecular weight excluding hydrogens is 364 g/mol. The van der Waals surface area contributed by atoms with Gasteiger partial charge in [-0.05, 0) is 61.7 Å². The van der Waals surface area contributed by atoms with Crippen LogP contribution >= 0.6 is 0 Å². The number of anilines is 2. The maximum absolute atomic E-state index is 12.7. The van der Waals surface area contributed by atoms with Gasteiger partial charge in [0.2, 0.25) is 15.9 Å². The lowest BCUT2D eigenvalue weighted by atomic mass is 10.1. The molecule has 0 aliphatic rings. The van der Waals surface area contributed by atoms with Crippen molar-refractivity contribution in [3.05, 3.63) is 59.2 Å². The fraction of sp³-hybridized carbons (Fsp3) is 0.350. The van der Waals surface area contributed by atoms with Gasteiger partial charge in [0.25, 0.3) is 0 Å². The zero-order chi connectivity index (χ0) is 20.2. The van der Waals surface area contributed by atoms with E-state index in [1.54, 1.807) is 38.3 Å². The molecule has 0 saturated carbocycles. The Morgan fingerprint density at radius 1 is 1.15 bits per heavy atom. The molecule has 0 fully saturated rings. The standard InChI is InChI=1S/C20H26N2O4S/c1-14-9-10-19(11-15(14)2)22(27(5,24)25)16(3)20(23)21-18-8-6-7-17(12-18)13-26-4/h6-12,16H,13H2,1-5H3,(H,21,23)/t16-/m1/s1. The van der Waals surface area contributed by atoms with Crippen LogP contribution in [0.2, 0.25) is 0 Å². The molecule has 2 aromatic carbocycles. The molecule has 0 saturated heterocycles. The summed E-state index contributed by atoms with van der Waals surface area (Å²) in [5, 5.41) is 2.79. The first-order valence-electron chi connectivity index (χ1n) is 8.59. The van der Waals surface area contributed by atoms with Crippen molar-refractivity contribution in [1.82, 2.24) is 0 Å². The number of hydrogen-bond donors (Lipinski definition) is 1. The zero-order valence-electron chi connectivity index (χ0n) is 16.3. The summed E-state index contributed by atoms with van der Waals surface area (Å²) in [6.45, 7) is 5.86. The number of nitrogens with zero attached hydrogens (tertiary/aromatic N) is 1. The number of methoxy groups -OCH3 is 1. The number of aryl methyl sites for hydroxylation is 2. The first kappa shape index (κ1) is 20.9. The molecule has 7 heteroatoms. The summed E-state index contributed by atoms with van der Waals surface area (Å²) in [5.74, 6) is -0.409. The topological polar surface area (TPSA) is 75.7 Å². The highest BCUT2D eigenvalue weighted by atomic mass is 32.2. The second-order valence-corrected chi connectivity index (χ2v) is 8.49. The number of benzene rings is 2. The van der Waals surface area contributed by atoms with Gasteiger partial charge in [-0.15, -0.1) is 0 Å². The van der Waals surface area contributed by atoms with Gasteiger partial charge in [-0.3, -0.25) is 9.10 Å². The first-order chi connectivity index (χ1) is 12.6. The quantitative estimate of drug-likeness (QED) is 0.787. The van der Waals surface area contributed by atoms with E-state index in [1.165, 1.54) is 0 Å². The lowest BCUT2D eigenvalue weighted by Gasteiger charge is -2.28. The summed E-state index contributed by atoms with van der Waals surface area (Å²) >= 11 is 0. The molecule has 0 aromatic heterocycles. The molecule has 27 heavy (non-hydrogen) atoms. The Morgan fingerprint density at radius 3 is 2.44 bits per heavy atom. The maximum atomic E-state index is 12.7. The number of hydrogen-bond acceptors (Lipinski definition) is 4. The third-order valence-corrected chi connectivity index (χ3v) is 5.58. The van der Waals surface area contributed by atoms with E-state index in [0.29, 0.717) is 18.0 Å². The molecule has 146 valence electrons. The molecule has 0 aliphatic carbocycles. The van der Waals surface area contributed by atoms with E-state index in [4.69, 9.17) is 4.74 Å². The van der Waals surface area contributed by atoms with Gasteiger partial charge >= 0.3 is 0 Å². The number of nitrogens with one attached hydrogen (secondary N) is 1. The van der Waals surface area contributed by atoms with Gasteiger partial charge in [0.1, 0.15) is 6.04 Å². The van der Waals surface area contributed by atoms with E-state index >= 15 is 0 Å². The van der Waals surface area contributed by atoms with Crippen molar-refractivity contribution in [2.75, 3.05) is 23.0 Å². The third-order valence-electron chi connectivity index (χ3n) is 4.34. The van der Waals surface area contributed by atoms with Crippen molar-refractivity contribution < 1.29 is 17.9 Å². The predicted molar refractivity (Wildman–Crippen MR) is 108 cm³/mol. The van der Waals surface area contributed by atoms with Crippen LogP contribution in [0, 0.1) is 13.8 Å². The largest absolute Gasteiger partial charge is 0.380 e. The normalized spacial score (nSPS) is 12.5. The second-order valence-electron chi connectivity index (χ2n) is 6.63. The molecule has 1 N–H and O–H groups in total. The highest BCUT2D eigenvalue weighted by Crippen LogP contribution is 2.24. The number of ether oxygens (including phenoxy) is 1. The van der Waals surface area contributed by atoms with Gasteiger partial charge in [0.05, 0.1) is 18.6 Å². The zero-order valence-corrected chi connectivity index (χ0v) is 17.1. The van der Waals surface area contributed by atoms with Crippen molar-refractivity contribution >= 4 is 27.3 Å². The lowest BCUT2D eigenvalue weighted by Crippen LogP contribution is -2.45. The van der Waals surface area contributed by atoms with Crippen molar-refractivity contribution in [2.45, 2.75) is 33.4 Å². The Balaban J connectivity index is 2.29. The molecular formula is C20H26N2O4S. The van der Waals surface area contributed by atoms with Gasteiger partial charge in [-0.2, -0.15) is 0 Å². The van der Waals surface area contributed by atoms with Crippen LogP contribution in [0.1, 0.15) is 23.6 Å². The van der Waals surface area contributed by atoms with Crippen LogP contribution < -0.4 is 9.62 Å². The Morgan fingerprint density at radius 2 is 1.85 bits per heavy atom. The molecule has 2 rings (SSSR count). The van der Waals surface area contributed by atoms with E-state index in [1.807, 2.05) is 32.0 Å². The van der Waals surface area contributed by atoms with Crippen molar-refractivity contribution in [2.24, 2.45) is 0 Å². The van der Waals surface area contributed by atoms with Gasteiger partial charge < -0.3 is 10.1 Å². The molecule has 0 bridgehead atoms. The Bertz CT molecular complexity index is 925. The molecule has 0 heterocycles. The molecule has 1 amide bonds. The molecule has 0 aliphatic heterocycles. The average molecular weight is 391 g/mol. The van der Waals surface area contributed by atoms with E-state index in [0.717, 1.165) is 27.3 Å². The minimum atomic E-state index is -3.65. The Kier molecular flexibility index (Phi) is 6.62. The molecule has 0 spiro atoms. The molecule has 0 radical (unpaired) electrons. The molecule has 6 nitrogen and oxygen atoms in total. The van der Waals surface area contributed by atoms with E-state index < -0.39 is 22.0 Å². The highest BCUT2D eigenvalue weighted by Gasteiger charge is 2.29. The summed E-state index contributed by atoms with van der Waals surface area (Å²) in [4.78, 5) is 12.7. The minimum Gasteiger partial charge on any atom is -0.380 e. The predicted octanol–water partition coefficient (Wildman–Crippen LogP) is 3.24.